The van der Waals surface area contributed by atoms with Crippen molar-refractivity contribution in [1.29, 1.82) is 0 Å². The number of thioether (sulfide) groups is 1. The van der Waals surface area contributed by atoms with E-state index in [-0.39, 0.29) is 5.75 Å². The van der Waals surface area contributed by atoms with Crippen molar-refractivity contribution in [2.24, 2.45) is 12.8 Å². The second kappa shape index (κ2) is 5.88. The molecule has 2 rings (SSSR count). The minimum atomic E-state index is -1.12. The number of rotatable bonds is 5. The van der Waals surface area contributed by atoms with Crippen molar-refractivity contribution < 1.29 is 15.0 Å². The number of phenolic OH excluding ortho intramolecular Hbond substituents is 1. The highest BCUT2D eigenvalue weighted by Crippen LogP contribution is 2.28. The van der Waals surface area contributed by atoms with Gasteiger partial charge in [-0.3, -0.25) is 4.79 Å². The summed E-state index contributed by atoms with van der Waals surface area (Å²) in [6, 6.07) is 3.39. The molecule has 0 saturated heterocycles. The van der Waals surface area contributed by atoms with Gasteiger partial charge in [0.05, 0.1) is 0 Å². The molecule has 8 nitrogen and oxygen atoms in total. The zero-order valence-corrected chi connectivity index (χ0v) is 11.4. The summed E-state index contributed by atoms with van der Waals surface area (Å²) in [6.07, 6.45) is 0. The number of nitrogens with zero attached hydrogens (tertiary/aromatic N) is 4. The van der Waals surface area contributed by atoms with Crippen molar-refractivity contribution in [1.82, 2.24) is 20.2 Å². The van der Waals surface area contributed by atoms with Crippen molar-refractivity contribution in [3.05, 3.63) is 29.3 Å². The number of tetrazole rings is 1. The molecule has 0 radical (unpaired) electrons. The summed E-state index contributed by atoms with van der Waals surface area (Å²) in [6.45, 7) is 0. The van der Waals surface area contributed by atoms with Gasteiger partial charge in [0.2, 0.25) is 5.16 Å². The van der Waals surface area contributed by atoms with Crippen LogP contribution in [0.25, 0.3) is 0 Å². The number of carbonyl (C=O) groups is 1. The van der Waals surface area contributed by atoms with Crippen LogP contribution in [-0.2, 0) is 17.6 Å². The first-order chi connectivity index (χ1) is 9.49. The number of aromatic hydroxyl groups is 1. The average molecular weight is 295 g/mol. The number of nitrogens with two attached hydrogens (primary N) is 1. The van der Waals surface area contributed by atoms with E-state index in [1.807, 2.05) is 0 Å². The summed E-state index contributed by atoms with van der Waals surface area (Å²) < 4.78 is 1.51. The Morgan fingerprint density at radius 3 is 2.90 bits per heavy atom. The Labute approximate surface area is 118 Å². The Morgan fingerprint density at radius 2 is 2.30 bits per heavy atom. The lowest BCUT2D eigenvalue weighted by molar-refractivity contribution is -0.138. The highest BCUT2D eigenvalue weighted by Gasteiger charge is 2.16. The van der Waals surface area contributed by atoms with Gasteiger partial charge in [-0.05, 0) is 28.1 Å². The summed E-state index contributed by atoms with van der Waals surface area (Å²) in [5.74, 6) is -0.638. The molecule has 9 heteroatoms. The number of benzene rings is 1. The maximum absolute atomic E-state index is 10.9. The first-order valence-electron chi connectivity index (χ1n) is 5.64. The Bertz CT molecular complexity index is 630. The zero-order chi connectivity index (χ0) is 14.7. The smallest absolute Gasteiger partial charge is 0.325 e. The zero-order valence-electron chi connectivity index (χ0n) is 10.6. The number of carboxylic acid groups (broad SMARTS) is 1. The Hall–Kier alpha value is -2.13. The van der Waals surface area contributed by atoms with Crippen LogP contribution in [0.1, 0.15) is 17.2 Å². The van der Waals surface area contributed by atoms with Crippen molar-refractivity contribution in [2.75, 3.05) is 0 Å². The van der Waals surface area contributed by atoms with E-state index in [9.17, 15) is 9.90 Å². The number of hydrogen-bond acceptors (Lipinski definition) is 7. The molecule has 0 bridgehead atoms. The van der Waals surface area contributed by atoms with Crippen LogP contribution >= 0.6 is 11.8 Å². The summed E-state index contributed by atoms with van der Waals surface area (Å²) in [4.78, 5) is 10.9. The molecule has 1 aromatic heterocycles. The molecule has 0 amide bonds. The van der Waals surface area contributed by atoms with Gasteiger partial charge in [-0.2, -0.15) is 0 Å². The molecule has 0 aliphatic carbocycles. The molecule has 0 spiro atoms. The van der Waals surface area contributed by atoms with Crippen molar-refractivity contribution in [3.8, 4) is 5.75 Å². The number of hydrogen-bond donors (Lipinski definition) is 3. The molecule has 0 aliphatic rings. The molecule has 1 atom stereocenters. The largest absolute Gasteiger partial charge is 0.508 e. The maximum atomic E-state index is 10.9. The van der Waals surface area contributed by atoms with Crippen LogP contribution in [0.5, 0.6) is 5.75 Å². The van der Waals surface area contributed by atoms with Crippen molar-refractivity contribution in [3.63, 3.8) is 0 Å². The number of aliphatic carboxylic acids is 1. The third kappa shape index (κ3) is 3.06. The fourth-order valence-electron chi connectivity index (χ4n) is 1.54. The Balaban J connectivity index is 2.17. The van der Waals surface area contributed by atoms with Crippen LogP contribution < -0.4 is 5.73 Å². The fraction of sp³-hybridized carbons (Fsp3) is 0.273. The van der Waals surface area contributed by atoms with E-state index in [1.165, 1.54) is 28.6 Å². The first-order valence-corrected chi connectivity index (χ1v) is 6.63. The van der Waals surface area contributed by atoms with Gasteiger partial charge in [0.1, 0.15) is 11.8 Å². The molecular weight excluding hydrogens is 282 g/mol. The molecule has 0 saturated carbocycles. The number of aryl methyl sites for hydroxylation is 1. The maximum Gasteiger partial charge on any atom is 0.325 e. The van der Waals surface area contributed by atoms with E-state index < -0.39 is 12.0 Å². The van der Waals surface area contributed by atoms with Crippen LogP contribution in [0.2, 0.25) is 0 Å². The predicted octanol–water partition coefficient (Wildman–Crippen LogP) is 0.292. The van der Waals surface area contributed by atoms with E-state index in [0.717, 1.165) is 0 Å². The second-order valence-electron chi connectivity index (χ2n) is 4.08. The van der Waals surface area contributed by atoms with Gasteiger partial charge in [0.25, 0.3) is 0 Å². The quantitative estimate of drug-likeness (QED) is 0.672. The lowest BCUT2D eigenvalue weighted by Gasteiger charge is -2.10. The van der Waals surface area contributed by atoms with Gasteiger partial charge in [-0.25, -0.2) is 4.68 Å². The standard InChI is InChI=1S/C11H13N5O3S/c1-16-11(13-14-15-16)20-5-7-4-6(2-3-8(7)17)9(12)10(18)19/h2-4,9,17H,5,12H2,1H3,(H,18,19). The molecule has 2 aromatic rings. The second-order valence-corrected chi connectivity index (χ2v) is 5.02. The monoisotopic (exact) mass is 295 g/mol. The minimum absolute atomic E-state index is 0.0777. The van der Waals surface area contributed by atoms with Crippen LogP contribution in [0, 0.1) is 0 Å². The summed E-state index contributed by atoms with van der Waals surface area (Å²) >= 11 is 1.33. The van der Waals surface area contributed by atoms with Crippen LogP contribution in [0.3, 0.4) is 0 Å². The van der Waals surface area contributed by atoms with E-state index in [0.29, 0.717) is 22.0 Å². The van der Waals surface area contributed by atoms with Crippen LogP contribution in [-0.4, -0.2) is 36.4 Å². The van der Waals surface area contributed by atoms with Gasteiger partial charge in [0.15, 0.2) is 0 Å². The van der Waals surface area contributed by atoms with Crippen molar-refractivity contribution in [2.45, 2.75) is 17.0 Å². The molecule has 1 unspecified atom stereocenters. The summed E-state index contributed by atoms with van der Waals surface area (Å²) in [5, 5.41) is 30.3. The van der Waals surface area contributed by atoms with Crippen LogP contribution in [0.4, 0.5) is 0 Å². The average Bonchev–Trinajstić information content (AvgIpc) is 2.82. The number of aromatic nitrogens is 4. The Kier molecular flexibility index (Phi) is 4.20. The lowest BCUT2D eigenvalue weighted by Crippen LogP contribution is -2.20. The molecular formula is C11H13N5O3S. The fourth-order valence-corrected chi connectivity index (χ4v) is 2.38. The Morgan fingerprint density at radius 1 is 1.55 bits per heavy atom. The van der Waals surface area contributed by atoms with Gasteiger partial charge in [-0.15, -0.1) is 5.10 Å². The van der Waals surface area contributed by atoms with Gasteiger partial charge in [0, 0.05) is 18.4 Å². The third-order valence-electron chi connectivity index (χ3n) is 2.67. The number of carboxylic acids is 1. The lowest BCUT2D eigenvalue weighted by atomic mass is 10.0. The normalized spacial score (nSPS) is 12.3. The first kappa shape index (κ1) is 14.3. The van der Waals surface area contributed by atoms with E-state index in [2.05, 4.69) is 15.5 Å². The van der Waals surface area contributed by atoms with E-state index >= 15 is 0 Å². The molecule has 4 N–H and O–H groups in total. The van der Waals surface area contributed by atoms with Crippen LogP contribution in [0.15, 0.2) is 23.4 Å². The molecule has 1 aromatic carbocycles. The molecule has 1 heterocycles. The van der Waals surface area contributed by atoms with E-state index in [4.69, 9.17) is 10.8 Å². The number of phenols is 1. The summed E-state index contributed by atoms with van der Waals surface area (Å²) in [5.41, 5.74) is 6.56. The highest BCUT2D eigenvalue weighted by atomic mass is 32.2. The SMILES string of the molecule is Cn1nnnc1SCc1cc(C(N)C(=O)O)ccc1O. The molecule has 106 valence electrons. The van der Waals surface area contributed by atoms with Gasteiger partial charge < -0.3 is 15.9 Å². The molecule has 0 aliphatic heterocycles. The summed E-state index contributed by atoms with van der Waals surface area (Å²) in [7, 11) is 1.71. The highest BCUT2D eigenvalue weighted by molar-refractivity contribution is 7.98. The van der Waals surface area contributed by atoms with Gasteiger partial charge >= 0.3 is 5.97 Å². The third-order valence-corrected chi connectivity index (χ3v) is 3.73. The molecule has 0 fully saturated rings. The molecule has 20 heavy (non-hydrogen) atoms. The minimum Gasteiger partial charge on any atom is -0.508 e. The predicted molar refractivity (Wildman–Crippen MR) is 71.0 cm³/mol. The van der Waals surface area contributed by atoms with E-state index in [1.54, 1.807) is 13.1 Å². The van der Waals surface area contributed by atoms with Crippen molar-refractivity contribution >= 4 is 17.7 Å². The van der Waals surface area contributed by atoms with Gasteiger partial charge in [-0.1, -0.05) is 17.8 Å². The topological polar surface area (TPSA) is 127 Å².